The molecule has 0 spiro atoms. The van der Waals surface area contributed by atoms with E-state index in [9.17, 15) is 0 Å². The molecule has 2 aromatic heterocycles. The Kier molecular flexibility index (Phi) is 4.17. The quantitative estimate of drug-likeness (QED) is 0.872. The average molecular weight is 291 g/mol. The molecular weight excluding hydrogens is 270 g/mol. The largest absolute Gasteiger partial charge is 0.376 e. The van der Waals surface area contributed by atoms with Crippen molar-refractivity contribution in [3.05, 3.63) is 22.6 Å². The van der Waals surface area contributed by atoms with Gasteiger partial charge in [0.25, 0.3) is 0 Å². The summed E-state index contributed by atoms with van der Waals surface area (Å²) in [5.41, 5.74) is 3.07. The molecule has 0 aliphatic heterocycles. The first kappa shape index (κ1) is 13.8. The van der Waals surface area contributed by atoms with Crippen LogP contribution in [0.1, 0.15) is 37.7 Å². The number of H-pyrrole nitrogens is 1. The van der Waals surface area contributed by atoms with Crippen LogP contribution in [-0.4, -0.2) is 27.2 Å². The second-order valence-corrected chi connectivity index (χ2v) is 5.98. The first-order valence-electron chi connectivity index (χ1n) is 7.41. The smallest absolute Gasteiger partial charge is 0.179 e. The summed E-state index contributed by atoms with van der Waals surface area (Å²) in [6, 6.07) is 2.08. The third kappa shape index (κ3) is 2.94. The number of hydrogen-bond acceptors (Lipinski definition) is 3. The summed E-state index contributed by atoms with van der Waals surface area (Å²) in [5, 5.41) is 0. The van der Waals surface area contributed by atoms with E-state index in [2.05, 4.69) is 16.0 Å². The number of ether oxygens (including phenoxy) is 1. The topological polar surface area (TPSA) is 42.8 Å². The van der Waals surface area contributed by atoms with Gasteiger partial charge < -0.3 is 9.72 Å². The summed E-state index contributed by atoms with van der Waals surface area (Å²) in [6.07, 6.45) is 8.70. The van der Waals surface area contributed by atoms with Gasteiger partial charge in [-0.25, -0.2) is 4.98 Å². The highest BCUT2D eigenvalue weighted by Gasteiger charge is 2.14. The fourth-order valence-electron chi connectivity index (χ4n) is 2.90. The Labute approximate surface area is 124 Å². The van der Waals surface area contributed by atoms with Crippen molar-refractivity contribution in [3.63, 3.8) is 0 Å². The zero-order chi connectivity index (χ0) is 13.9. The number of imidazole rings is 1. The lowest BCUT2D eigenvalue weighted by Gasteiger charge is -2.22. The summed E-state index contributed by atoms with van der Waals surface area (Å²) in [5.74, 6) is 0. The predicted octanol–water partition coefficient (Wildman–Crippen LogP) is 3.75. The first-order valence-corrected chi connectivity index (χ1v) is 7.81. The van der Waals surface area contributed by atoms with Crippen LogP contribution in [0, 0.1) is 11.7 Å². The molecule has 1 fully saturated rings. The molecule has 0 unspecified atom stereocenters. The second kappa shape index (κ2) is 6.06. The highest BCUT2D eigenvalue weighted by Crippen LogP contribution is 2.20. The molecular formula is C15H21N3OS. The van der Waals surface area contributed by atoms with E-state index in [4.69, 9.17) is 17.0 Å². The molecule has 0 aromatic carbocycles. The lowest BCUT2D eigenvalue weighted by molar-refractivity contribution is 0.0243. The minimum atomic E-state index is 0.443. The molecule has 1 aliphatic carbocycles. The van der Waals surface area contributed by atoms with E-state index >= 15 is 0 Å². The fraction of sp³-hybridized carbons (Fsp3) is 0.600. The number of nitrogens with one attached hydrogen (secondary N) is 1. The van der Waals surface area contributed by atoms with E-state index in [1.165, 1.54) is 32.1 Å². The molecule has 5 heteroatoms. The van der Waals surface area contributed by atoms with Crippen molar-refractivity contribution in [2.24, 2.45) is 0 Å². The molecule has 1 N–H and O–H groups in total. The maximum absolute atomic E-state index is 5.98. The Morgan fingerprint density at radius 3 is 3.00 bits per heavy atom. The van der Waals surface area contributed by atoms with E-state index in [0.29, 0.717) is 12.7 Å². The van der Waals surface area contributed by atoms with Crippen molar-refractivity contribution in [2.45, 2.75) is 51.7 Å². The number of pyridine rings is 1. The molecule has 1 saturated carbocycles. The zero-order valence-corrected chi connectivity index (χ0v) is 12.7. The van der Waals surface area contributed by atoms with Gasteiger partial charge in [-0.2, -0.15) is 0 Å². The number of aromatic amines is 1. The molecule has 3 rings (SSSR count). The van der Waals surface area contributed by atoms with Crippen LogP contribution in [0.3, 0.4) is 0 Å². The monoisotopic (exact) mass is 291 g/mol. The lowest BCUT2D eigenvalue weighted by atomic mass is 9.98. The van der Waals surface area contributed by atoms with Gasteiger partial charge in [-0.3, -0.25) is 4.57 Å². The fourth-order valence-corrected chi connectivity index (χ4v) is 3.19. The highest BCUT2D eigenvalue weighted by molar-refractivity contribution is 7.71. The third-order valence-electron chi connectivity index (χ3n) is 3.97. The maximum atomic E-state index is 5.98. The first-order chi connectivity index (χ1) is 9.74. The predicted molar refractivity (Wildman–Crippen MR) is 82.5 cm³/mol. The van der Waals surface area contributed by atoms with Crippen LogP contribution < -0.4 is 0 Å². The Morgan fingerprint density at radius 2 is 2.20 bits per heavy atom. The Hall–Kier alpha value is -1.20. The van der Waals surface area contributed by atoms with Crippen LogP contribution in [-0.2, 0) is 11.3 Å². The standard InChI is InChI=1S/C15H21N3OS/c1-11-9-13-14(16-10-11)18(15(20)17-13)7-8-19-12-5-3-2-4-6-12/h9-10,12H,2-8H2,1H3,(H,17,20). The molecule has 0 saturated heterocycles. The van der Waals surface area contributed by atoms with Crippen molar-refractivity contribution >= 4 is 23.4 Å². The third-order valence-corrected chi connectivity index (χ3v) is 4.29. The van der Waals surface area contributed by atoms with Crippen LogP contribution in [0.2, 0.25) is 0 Å². The van der Waals surface area contributed by atoms with Gasteiger partial charge in [0.1, 0.15) is 0 Å². The van der Waals surface area contributed by atoms with Crippen LogP contribution in [0.25, 0.3) is 11.2 Å². The van der Waals surface area contributed by atoms with Crippen LogP contribution in [0.15, 0.2) is 12.3 Å². The van der Waals surface area contributed by atoms with Crippen molar-refractivity contribution in [3.8, 4) is 0 Å². The van der Waals surface area contributed by atoms with Gasteiger partial charge in [0.05, 0.1) is 24.8 Å². The zero-order valence-electron chi connectivity index (χ0n) is 11.9. The molecule has 108 valence electrons. The molecule has 1 aliphatic rings. The number of aromatic nitrogens is 3. The minimum absolute atomic E-state index is 0.443. The molecule has 20 heavy (non-hydrogen) atoms. The highest BCUT2D eigenvalue weighted by atomic mass is 32.1. The van der Waals surface area contributed by atoms with Gasteiger partial charge in [0.15, 0.2) is 10.4 Å². The van der Waals surface area contributed by atoms with Gasteiger partial charge in [-0.05, 0) is 43.6 Å². The van der Waals surface area contributed by atoms with Crippen molar-refractivity contribution in [2.75, 3.05) is 6.61 Å². The summed E-state index contributed by atoms with van der Waals surface area (Å²) in [7, 11) is 0. The normalized spacial score (nSPS) is 16.9. The van der Waals surface area contributed by atoms with Gasteiger partial charge in [-0.15, -0.1) is 0 Å². The van der Waals surface area contributed by atoms with E-state index < -0.39 is 0 Å². The van der Waals surface area contributed by atoms with Gasteiger partial charge in [-0.1, -0.05) is 19.3 Å². The SMILES string of the molecule is Cc1cnc2c(c1)[nH]c(=S)n2CCOC1CCCCC1. The lowest BCUT2D eigenvalue weighted by Crippen LogP contribution is -2.19. The van der Waals surface area contributed by atoms with Gasteiger partial charge in [0, 0.05) is 6.20 Å². The Morgan fingerprint density at radius 1 is 1.40 bits per heavy atom. The van der Waals surface area contributed by atoms with Crippen molar-refractivity contribution in [1.82, 2.24) is 14.5 Å². The molecule has 2 heterocycles. The second-order valence-electron chi connectivity index (χ2n) is 5.60. The Bertz CT molecular complexity index is 640. The number of aryl methyl sites for hydroxylation is 1. The van der Waals surface area contributed by atoms with E-state index in [-0.39, 0.29) is 0 Å². The molecule has 2 aromatic rings. The molecule has 0 atom stereocenters. The molecule has 0 amide bonds. The maximum Gasteiger partial charge on any atom is 0.179 e. The minimum Gasteiger partial charge on any atom is -0.376 e. The van der Waals surface area contributed by atoms with E-state index in [0.717, 1.165) is 28.0 Å². The van der Waals surface area contributed by atoms with Gasteiger partial charge >= 0.3 is 0 Å². The number of hydrogen-bond donors (Lipinski definition) is 1. The van der Waals surface area contributed by atoms with Crippen LogP contribution in [0.5, 0.6) is 0 Å². The summed E-state index contributed by atoms with van der Waals surface area (Å²) >= 11 is 5.38. The molecule has 0 radical (unpaired) electrons. The Balaban J connectivity index is 1.68. The summed E-state index contributed by atoms with van der Waals surface area (Å²) < 4.78 is 8.74. The molecule has 0 bridgehead atoms. The average Bonchev–Trinajstić information content (AvgIpc) is 2.75. The summed E-state index contributed by atoms with van der Waals surface area (Å²) in [4.78, 5) is 7.69. The van der Waals surface area contributed by atoms with Crippen molar-refractivity contribution in [1.29, 1.82) is 0 Å². The van der Waals surface area contributed by atoms with Crippen molar-refractivity contribution < 1.29 is 4.74 Å². The number of fused-ring (bicyclic) bond motifs is 1. The van der Waals surface area contributed by atoms with Crippen LogP contribution >= 0.6 is 12.2 Å². The number of rotatable bonds is 4. The van der Waals surface area contributed by atoms with Gasteiger partial charge in [0.2, 0.25) is 0 Å². The molecule has 4 nitrogen and oxygen atoms in total. The van der Waals surface area contributed by atoms with E-state index in [1.807, 2.05) is 17.7 Å². The van der Waals surface area contributed by atoms with E-state index in [1.54, 1.807) is 0 Å². The number of nitrogens with zero attached hydrogens (tertiary/aromatic N) is 2. The van der Waals surface area contributed by atoms with Crippen LogP contribution in [0.4, 0.5) is 0 Å². The summed E-state index contributed by atoms with van der Waals surface area (Å²) in [6.45, 7) is 3.51.